The zero-order valence-electron chi connectivity index (χ0n) is 31.1. The predicted molar refractivity (Wildman–Crippen MR) is 220 cm³/mol. The Morgan fingerprint density at radius 1 is 0.882 bits per heavy atom. The van der Waals surface area contributed by atoms with Crippen LogP contribution >= 0.6 is 0 Å². The summed E-state index contributed by atoms with van der Waals surface area (Å²) >= 11 is 0. The molecule has 6 rings (SSSR count). The Morgan fingerprint density at radius 2 is 1.59 bits per heavy atom. The Bertz CT molecular complexity index is 1990. The van der Waals surface area contributed by atoms with Crippen molar-refractivity contribution in [2.24, 2.45) is 0 Å². The van der Waals surface area contributed by atoms with Gasteiger partial charge in [0.25, 0.3) is 0 Å². The van der Waals surface area contributed by atoms with Crippen LogP contribution in [0, 0.1) is 6.92 Å². The molecule has 2 aromatic heterocycles. The Morgan fingerprint density at radius 3 is 2.27 bits per heavy atom. The second-order valence-corrected chi connectivity index (χ2v) is 13.3. The molecule has 3 nitrogen and oxygen atoms in total. The highest BCUT2D eigenvalue weighted by molar-refractivity contribution is 5.72. The van der Waals surface area contributed by atoms with Crippen LogP contribution in [0.1, 0.15) is 67.7 Å². The summed E-state index contributed by atoms with van der Waals surface area (Å²) in [4.78, 5) is 7.08. The van der Waals surface area contributed by atoms with Crippen LogP contribution in [0.25, 0.3) is 33.6 Å². The SMILES string of the molecule is C=C(/C=C\C(C)=C/C)c1ccccc1.C=CC/C=C\CCc1c2c(n(-c3ccc(-c4ccnc(-c5ccccc5)c4)cc3)c1C)C(C)N(C)CC2. The summed E-state index contributed by atoms with van der Waals surface area (Å²) in [7, 11) is 2.24. The van der Waals surface area contributed by atoms with Gasteiger partial charge in [0.15, 0.2) is 0 Å². The number of benzene rings is 3. The summed E-state index contributed by atoms with van der Waals surface area (Å²) in [5, 5.41) is 0. The van der Waals surface area contributed by atoms with E-state index in [4.69, 9.17) is 0 Å². The number of hydrogen-bond donors (Lipinski definition) is 0. The molecule has 1 aliphatic rings. The lowest BCUT2D eigenvalue weighted by Crippen LogP contribution is -2.31. The minimum Gasteiger partial charge on any atom is -0.316 e. The van der Waals surface area contributed by atoms with E-state index in [1.165, 1.54) is 44.9 Å². The molecule has 0 amide bonds. The van der Waals surface area contributed by atoms with Crippen LogP contribution < -0.4 is 0 Å². The average molecular weight is 672 g/mol. The standard InChI is InChI=1S/C34H37N3.C14H16/c1-5-6-7-8-12-15-31-25(2)37(34-26(3)36(4)23-21-32(31)34)30-18-16-27(17-19-30)29-20-22-35-33(24-29)28-13-10-9-11-14-28;1-4-12(2)10-11-13(3)14-8-6-5-7-9-14/h5,7-11,13-14,16-20,22,24,26H,1,6,12,15,21,23H2,2-4H3;4-11H,3H2,1-2H3/b8-7-;11-10-,12-4-. The molecule has 5 aromatic rings. The summed E-state index contributed by atoms with van der Waals surface area (Å²) in [5.41, 5.74) is 15.2. The third-order valence-corrected chi connectivity index (χ3v) is 9.92. The largest absolute Gasteiger partial charge is 0.316 e. The van der Waals surface area contributed by atoms with Crippen LogP contribution in [-0.2, 0) is 12.8 Å². The van der Waals surface area contributed by atoms with Gasteiger partial charge in [-0.2, -0.15) is 0 Å². The molecule has 3 aromatic carbocycles. The molecule has 260 valence electrons. The van der Waals surface area contributed by atoms with Crippen molar-refractivity contribution in [3.63, 3.8) is 0 Å². The third-order valence-electron chi connectivity index (χ3n) is 9.92. The number of pyridine rings is 1. The molecular weight excluding hydrogens is 619 g/mol. The van der Waals surface area contributed by atoms with Gasteiger partial charge in [-0.15, -0.1) is 6.58 Å². The Labute approximate surface area is 306 Å². The van der Waals surface area contributed by atoms with Crippen LogP contribution in [0.15, 0.2) is 158 Å². The third kappa shape index (κ3) is 9.31. The van der Waals surface area contributed by atoms with Crippen molar-refractivity contribution in [3.05, 3.63) is 187 Å². The van der Waals surface area contributed by atoms with Gasteiger partial charge in [-0.25, -0.2) is 0 Å². The minimum absolute atomic E-state index is 0.390. The highest BCUT2D eigenvalue weighted by Crippen LogP contribution is 2.38. The minimum atomic E-state index is 0.390. The van der Waals surface area contributed by atoms with Crippen molar-refractivity contribution in [1.82, 2.24) is 14.5 Å². The molecule has 0 spiro atoms. The molecule has 3 heterocycles. The molecule has 1 atom stereocenters. The highest BCUT2D eigenvalue weighted by Gasteiger charge is 2.30. The Balaban J connectivity index is 0.000000303. The van der Waals surface area contributed by atoms with E-state index in [9.17, 15) is 0 Å². The molecule has 0 saturated heterocycles. The number of nitrogens with zero attached hydrogens (tertiary/aromatic N) is 3. The topological polar surface area (TPSA) is 21.1 Å². The van der Waals surface area contributed by atoms with Crippen LogP contribution in [0.2, 0.25) is 0 Å². The number of likely N-dealkylation sites (N-methyl/N-ethyl adjacent to an activating group) is 1. The fraction of sp³-hybridized carbons (Fsp3) is 0.229. The lowest BCUT2D eigenvalue weighted by atomic mass is 9.95. The van der Waals surface area contributed by atoms with E-state index >= 15 is 0 Å². The fourth-order valence-electron chi connectivity index (χ4n) is 6.69. The lowest BCUT2D eigenvalue weighted by Gasteiger charge is -2.32. The van der Waals surface area contributed by atoms with Crippen molar-refractivity contribution in [3.8, 4) is 28.1 Å². The fourth-order valence-corrected chi connectivity index (χ4v) is 6.69. The monoisotopic (exact) mass is 671 g/mol. The Hall–Kier alpha value is -5.25. The van der Waals surface area contributed by atoms with Crippen LogP contribution in [0.3, 0.4) is 0 Å². The van der Waals surface area contributed by atoms with Gasteiger partial charge in [0.05, 0.1) is 5.69 Å². The molecule has 1 aliphatic heterocycles. The van der Waals surface area contributed by atoms with E-state index in [2.05, 4.69) is 153 Å². The quantitative estimate of drug-likeness (QED) is 0.103. The van der Waals surface area contributed by atoms with Crippen molar-refractivity contribution < 1.29 is 0 Å². The second kappa shape index (κ2) is 18.1. The van der Waals surface area contributed by atoms with Crippen molar-refractivity contribution >= 4 is 5.57 Å². The summed E-state index contributed by atoms with van der Waals surface area (Å²) in [5.74, 6) is 0. The van der Waals surface area contributed by atoms with Gasteiger partial charge < -0.3 is 4.57 Å². The Kier molecular flexibility index (Phi) is 13.2. The summed E-state index contributed by atoms with van der Waals surface area (Å²) in [6, 6.07) is 34.3. The van der Waals surface area contributed by atoms with Gasteiger partial charge in [-0.3, -0.25) is 9.88 Å². The first-order valence-electron chi connectivity index (χ1n) is 18.2. The summed E-state index contributed by atoms with van der Waals surface area (Å²) < 4.78 is 2.52. The van der Waals surface area contributed by atoms with E-state index in [1.807, 2.05) is 49.5 Å². The van der Waals surface area contributed by atoms with Crippen molar-refractivity contribution in [2.45, 2.75) is 59.4 Å². The normalized spacial score (nSPS) is 14.7. The number of allylic oxidation sites excluding steroid dienone is 8. The maximum Gasteiger partial charge on any atom is 0.0708 e. The number of fused-ring (bicyclic) bond motifs is 1. The predicted octanol–water partition coefficient (Wildman–Crippen LogP) is 12.4. The molecule has 0 fully saturated rings. The van der Waals surface area contributed by atoms with E-state index in [1.54, 1.807) is 5.56 Å². The second-order valence-electron chi connectivity index (χ2n) is 13.3. The van der Waals surface area contributed by atoms with Crippen molar-refractivity contribution in [1.29, 1.82) is 0 Å². The van der Waals surface area contributed by atoms with Crippen LogP contribution in [-0.4, -0.2) is 28.0 Å². The zero-order valence-corrected chi connectivity index (χ0v) is 31.1. The van der Waals surface area contributed by atoms with E-state index in [0.717, 1.165) is 49.1 Å². The molecule has 1 unspecified atom stereocenters. The van der Waals surface area contributed by atoms with Gasteiger partial charge >= 0.3 is 0 Å². The molecular formula is C48H53N3. The van der Waals surface area contributed by atoms with Gasteiger partial charge in [0.2, 0.25) is 0 Å². The van der Waals surface area contributed by atoms with Crippen LogP contribution in [0.4, 0.5) is 0 Å². The first-order chi connectivity index (χ1) is 24.8. The molecule has 0 saturated carbocycles. The van der Waals surface area contributed by atoms with E-state index < -0.39 is 0 Å². The van der Waals surface area contributed by atoms with E-state index in [0.29, 0.717) is 6.04 Å². The molecule has 3 heteroatoms. The highest BCUT2D eigenvalue weighted by atomic mass is 15.2. The van der Waals surface area contributed by atoms with Gasteiger partial charge in [0.1, 0.15) is 0 Å². The van der Waals surface area contributed by atoms with Gasteiger partial charge in [0, 0.05) is 41.4 Å². The number of aromatic nitrogens is 2. The molecule has 51 heavy (non-hydrogen) atoms. The summed E-state index contributed by atoms with van der Waals surface area (Å²) in [6.45, 7) is 17.7. The van der Waals surface area contributed by atoms with E-state index in [-0.39, 0.29) is 0 Å². The zero-order chi connectivity index (χ0) is 36.2. The first kappa shape index (κ1) is 37.0. The lowest BCUT2D eigenvalue weighted by molar-refractivity contribution is 0.240. The molecule has 0 bridgehead atoms. The van der Waals surface area contributed by atoms with Gasteiger partial charge in [-0.1, -0.05) is 121 Å². The van der Waals surface area contributed by atoms with Crippen LogP contribution in [0.5, 0.6) is 0 Å². The molecule has 0 aliphatic carbocycles. The maximum atomic E-state index is 4.60. The number of hydrogen-bond acceptors (Lipinski definition) is 2. The maximum absolute atomic E-state index is 4.60. The number of rotatable bonds is 11. The van der Waals surface area contributed by atoms with Gasteiger partial charge in [-0.05, 0) is 118 Å². The molecule has 0 radical (unpaired) electrons. The van der Waals surface area contributed by atoms with Crippen molar-refractivity contribution in [2.75, 3.05) is 13.6 Å². The molecule has 0 N–H and O–H groups in total. The first-order valence-corrected chi connectivity index (χ1v) is 18.2. The average Bonchev–Trinajstić information content (AvgIpc) is 3.47. The summed E-state index contributed by atoms with van der Waals surface area (Å²) in [6.07, 6.45) is 18.8. The smallest absolute Gasteiger partial charge is 0.0708 e.